The summed E-state index contributed by atoms with van der Waals surface area (Å²) < 4.78 is 28.7. The third kappa shape index (κ3) is 8.75. The highest BCUT2D eigenvalue weighted by molar-refractivity contribution is 7.92. The van der Waals surface area contributed by atoms with Gasteiger partial charge in [0.1, 0.15) is 12.6 Å². The third-order valence-electron chi connectivity index (χ3n) is 6.02. The maximum Gasteiger partial charge on any atom is 0.264 e. The molecule has 0 unspecified atom stereocenters. The lowest BCUT2D eigenvalue weighted by molar-refractivity contribution is -0.141. The molecule has 3 aromatic carbocycles. The Labute approximate surface area is 261 Å². The smallest absolute Gasteiger partial charge is 0.264 e. The molecule has 0 aliphatic rings. The van der Waals surface area contributed by atoms with Gasteiger partial charge in [0.2, 0.25) is 11.8 Å². The second kappa shape index (κ2) is 13.7. The van der Waals surface area contributed by atoms with Gasteiger partial charge in [-0.25, -0.2) is 8.42 Å². The Balaban J connectivity index is 2.10. The predicted octanol–water partition coefficient (Wildman–Crippen LogP) is 7.22. The summed E-state index contributed by atoms with van der Waals surface area (Å²) in [6, 6.07) is 15.7. The van der Waals surface area contributed by atoms with E-state index in [1.54, 1.807) is 37.3 Å². The van der Waals surface area contributed by atoms with Crippen molar-refractivity contribution in [3.8, 4) is 0 Å². The Morgan fingerprint density at radius 1 is 0.878 bits per heavy atom. The number of nitrogens with zero attached hydrogens (tertiary/aromatic N) is 2. The van der Waals surface area contributed by atoms with E-state index in [-0.39, 0.29) is 34.5 Å². The normalized spacial score (nSPS) is 12.5. The van der Waals surface area contributed by atoms with Crippen LogP contribution < -0.4 is 9.62 Å². The van der Waals surface area contributed by atoms with Crippen molar-refractivity contribution in [2.45, 2.75) is 57.1 Å². The number of hydrogen-bond acceptors (Lipinski definition) is 4. The number of anilines is 1. The molecule has 0 aliphatic carbocycles. The van der Waals surface area contributed by atoms with Crippen molar-refractivity contribution in [3.05, 3.63) is 92.4 Å². The number of amides is 2. The quantitative estimate of drug-likeness (QED) is 0.249. The van der Waals surface area contributed by atoms with Gasteiger partial charge in [-0.1, -0.05) is 65.5 Å². The molecule has 1 N–H and O–H groups in total. The van der Waals surface area contributed by atoms with E-state index >= 15 is 0 Å². The number of halogens is 4. The van der Waals surface area contributed by atoms with Crippen LogP contribution >= 0.6 is 46.4 Å². The van der Waals surface area contributed by atoms with E-state index in [4.69, 9.17) is 46.4 Å². The van der Waals surface area contributed by atoms with Crippen molar-refractivity contribution in [2.24, 2.45) is 0 Å². The van der Waals surface area contributed by atoms with Gasteiger partial charge in [0.05, 0.1) is 10.6 Å². The monoisotopic (exact) mass is 657 g/mol. The molecule has 0 aliphatic heterocycles. The molecule has 12 heteroatoms. The van der Waals surface area contributed by atoms with Crippen molar-refractivity contribution in [1.29, 1.82) is 0 Å². The maximum absolute atomic E-state index is 14.1. The number of benzene rings is 3. The summed E-state index contributed by atoms with van der Waals surface area (Å²) in [5.74, 6) is -1.00. The second-order valence-corrected chi connectivity index (χ2v) is 13.9. The van der Waals surface area contributed by atoms with Crippen LogP contribution in [0.5, 0.6) is 0 Å². The molecular weight excluding hydrogens is 628 g/mol. The van der Waals surface area contributed by atoms with E-state index < -0.39 is 34.1 Å². The van der Waals surface area contributed by atoms with Crippen molar-refractivity contribution >= 4 is 73.9 Å². The fraction of sp³-hybridized carbons (Fsp3) is 0.310. The summed E-state index contributed by atoms with van der Waals surface area (Å²) >= 11 is 24.7. The van der Waals surface area contributed by atoms with Gasteiger partial charge in [-0.2, -0.15) is 0 Å². The predicted molar refractivity (Wildman–Crippen MR) is 166 cm³/mol. The zero-order chi connectivity index (χ0) is 30.5. The average Bonchev–Trinajstić information content (AvgIpc) is 2.87. The zero-order valence-electron chi connectivity index (χ0n) is 23.0. The summed E-state index contributed by atoms with van der Waals surface area (Å²) in [7, 11) is -4.26. The molecular formula is C29H31Cl4N3O4S. The van der Waals surface area contributed by atoms with Crippen LogP contribution in [0.1, 0.15) is 39.7 Å². The molecule has 220 valence electrons. The summed E-state index contributed by atoms with van der Waals surface area (Å²) in [6.45, 7) is 6.60. The van der Waals surface area contributed by atoms with Crippen LogP contribution in [0.4, 0.5) is 5.69 Å². The van der Waals surface area contributed by atoms with Crippen LogP contribution in [0.3, 0.4) is 0 Å². The Morgan fingerprint density at radius 3 is 2.05 bits per heavy atom. The van der Waals surface area contributed by atoms with E-state index in [9.17, 15) is 18.0 Å². The van der Waals surface area contributed by atoms with Crippen LogP contribution in [-0.2, 0) is 26.2 Å². The van der Waals surface area contributed by atoms with E-state index in [1.807, 2.05) is 20.8 Å². The minimum absolute atomic E-state index is 0.0602. The fourth-order valence-electron chi connectivity index (χ4n) is 4.10. The van der Waals surface area contributed by atoms with Gasteiger partial charge < -0.3 is 10.2 Å². The molecule has 2 amide bonds. The minimum Gasteiger partial charge on any atom is -0.350 e. The van der Waals surface area contributed by atoms with Crippen molar-refractivity contribution in [3.63, 3.8) is 0 Å². The van der Waals surface area contributed by atoms with Gasteiger partial charge in [-0.05, 0) is 87.4 Å². The summed E-state index contributed by atoms with van der Waals surface area (Å²) in [4.78, 5) is 28.8. The number of nitrogens with one attached hydrogen (secondary N) is 1. The molecule has 0 spiro atoms. The minimum atomic E-state index is -4.26. The molecule has 0 aromatic heterocycles. The van der Waals surface area contributed by atoms with E-state index in [0.717, 1.165) is 4.31 Å². The topological polar surface area (TPSA) is 86.8 Å². The largest absolute Gasteiger partial charge is 0.350 e. The molecule has 3 rings (SSSR count). The molecule has 0 fully saturated rings. The van der Waals surface area contributed by atoms with Gasteiger partial charge in [-0.15, -0.1) is 0 Å². The molecule has 0 bridgehead atoms. The standard InChI is InChI=1S/C29H31Cl4N3O4S/c1-5-26(28(38)34-29(2,3)4)35(17-19-9-10-22(32)16-25(19)33)27(37)18-36(23-8-6-7-21(31)15-23)41(39,40)24-13-11-20(30)12-14-24/h6-16,26H,5,17-18H2,1-4H3,(H,34,38)/t26-/m0/s1. The lowest BCUT2D eigenvalue weighted by atomic mass is 10.1. The van der Waals surface area contributed by atoms with Gasteiger partial charge in [0, 0.05) is 32.2 Å². The number of hydrogen-bond donors (Lipinski definition) is 1. The van der Waals surface area contributed by atoms with Crippen LogP contribution in [0.2, 0.25) is 20.1 Å². The summed E-state index contributed by atoms with van der Waals surface area (Å²) in [5.41, 5.74) is 0.153. The maximum atomic E-state index is 14.1. The Hall–Kier alpha value is -2.49. The van der Waals surface area contributed by atoms with E-state index in [2.05, 4.69) is 5.32 Å². The van der Waals surface area contributed by atoms with Crippen molar-refractivity contribution < 1.29 is 18.0 Å². The van der Waals surface area contributed by atoms with Crippen LogP contribution in [0, 0.1) is 0 Å². The second-order valence-electron chi connectivity index (χ2n) is 10.4. The number of rotatable bonds is 10. The molecule has 0 heterocycles. The Kier molecular flexibility index (Phi) is 11.0. The van der Waals surface area contributed by atoms with Crippen molar-refractivity contribution in [1.82, 2.24) is 10.2 Å². The summed E-state index contributed by atoms with van der Waals surface area (Å²) in [5, 5.41) is 4.28. The molecule has 3 aromatic rings. The van der Waals surface area contributed by atoms with Crippen LogP contribution in [0.25, 0.3) is 0 Å². The van der Waals surface area contributed by atoms with Gasteiger partial charge in [0.15, 0.2) is 0 Å². The highest BCUT2D eigenvalue weighted by Gasteiger charge is 2.35. The molecule has 41 heavy (non-hydrogen) atoms. The Morgan fingerprint density at radius 2 is 1.49 bits per heavy atom. The molecule has 0 radical (unpaired) electrons. The van der Waals surface area contributed by atoms with Crippen LogP contribution in [-0.4, -0.2) is 43.3 Å². The fourth-order valence-corrected chi connectivity index (χ4v) is 6.28. The zero-order valence-corrected chi connectivity index (χ0v) is 26.8. The third-order valence-corrected chi connectivity index (χ3v) is 8.88. The van der Waals surface area contributed by atoms with Gasteiger partial charge in [0.25, 0.3) is 10.0 Å². The lowest BCUT2D eigenvalue weighted by Gasteiger charge is -2.35. The highest BCUT2D eigenvalue weighted by Crippen LogP contribution is 2.29. The first-order valence-corrected chi connectivity index (χ1v) is 15.7. The van der Waals surface area contributed by atoms with Gasteiger partial charge >= 0.3 is 0 Å². The highest BCUT2D eigenvalue weighted by atomic mass is 35.5. The van der Waals surface area contributed by atoms with Crippen LogP contribution in [0.15, 0.2) is 71.6 Å². The Bertz CT molecular complexity index is 1510. The first-order chi connectivity index (χ1) is 19.1. The van der Waals surface area contributed by atoms with E-state index in [0.29, 0.717) is 20.6 Å². The number of carbonyl (C=O) groups is 2. The van der Waals surface area contributed by atoms with Gasteiger partial charge in [-0.3, -0.25) is 13.9 Å². The average molecular weight is 659 g/mol. The molecule has 1 atom stereocenters. The molecule has 0 saturated carbocycles. The first-order valence-electron chi connectivity index (χ1n) is 12.7. The first kappa shape index (κ1) is 33.0. The number of carbonyl (C=O) groups excluding carboxylic acids is 2. The summed E-state index contributed by atoms with van der Waals surface area (Å²) in [6.07, 6.45) is 0.264. The SMILES string of the molecule is CC[C@@H](C(=O)NC(C)(C)C)N(Cc1ccc(Cl)cc1Cl)C(=O)CN(c1cccc(Cl)c1)S(=O)(=O)c1ccc(Cl)cc1. The van der Waals surface area contributed by atoms with E-state index in [1.165, 1.54) is 41.3 Å². The molecule has 0 saturated heterocycles. The molecule has 7 nitrogen and oxygen atoms in total. The number of sulfonamides is 1. The lowest BCUT2D eigenvalue weighted by Crippen LogP contribution is -2.55. The van der Waals surface area contributed by atoms with Crippen molar-refractivity contribution in [2.75, 3.05) is 10.8 Å².